The normalized spacial score (nSPS) is 23.9. The van der Waals surface area contributed by atoms with Crippen LogP contribution in [-0.4, -0.2) is 41.5 Å². The minimum absolute atomic E-state index is 0.0275. The predicted octanol–water partition coefficient (Wildman–Crippen LogP) is 4.93. The van der Waals surface area contributed by atoms with Gasteiger partial charge in [0, 0.05) is 12.6 Å². The molecule has 1 aliphatic rings. The summed E-state index contributed by atoms with van der Waals surface area (Å²) in [7, 11) is -1.49. The van der Waals surface area contributed by atoms with Gasteiger partial charge in [-0.2, -0.15) is 0 Å². The van der Waals surface area contributed by atoms with Crippen molar-refractivity contribution < 1.29 is 19.0 Å². The maximum atomic E-state index is 13.0. The van der Waals surface area contributed by atoms with Gasteiger partial charge in [-0.05, 0) is 35.4 Å². The van der Waals surface area contributed by atoms with E-state index in [0.29, 0.717) is 5.56 Å². The second kappa shape index (κ2) is 11.8. The van der Waals surface area contributed by atoms with E-state index in [1.165, 1.54) is 10.8 Å². The molecule has 0 aliphatic carbocycles. The number of hydrogen-bond donors (Lipinski definition) is 2. The van der Waals surface area contributed by atoms with E-state index >= 15 is 0 Å². The predicted molar refractivity (Wildman–Crippen MR) is 156 cm³/mol. The van der Waals surface area contributed by atoms with Crippen molar-refractivity contribution in [3.05, 3.63) is 68.5 Å². The summed E-state index contributed by atoms with van der Waals surface area (Å²) in [6.45, 7) is 20.5. The zero-order valence-corrected chi connectivity index (χ0v) is 26.4. The molecule has 0 saturated carbocycles. The van der Waals surface area contributed by atoms with E-state index in [0.717, 1.165) is 5.56 Å². The summed E-state index contributed by atoms with van der Waals surface area (Å²) in [4.78, 5) is 28.3. The summed E-state index contributed by atoms with van der Waals surface area (Å²) in [5, 5.41) is 12.1. The molecule has 0 radical (unpaired) electrons. The number of nitrogens with one attached hydrogen (secondary N) is 1. The molecule has 0 amide bonds. The first-order chi connectivity index (χ1) is 18.0. The third kappa shape index (κ3) is 7.00. The van der Waals surface area contributed by atoms with E-state index in [1.807, 2.05) is 51.1 Å². The van der Waals surface area contributed by atoms with Gasteiger partial charge in [0.2, 0.25) is 0 Å². The molecule has 9 heteroatoms. The Balaban J connectivity index is 1.97. The fourth-order valence-corrected chi connectivity index (χ4v) is 6.43. The van der Waals surface area contributed by atoms with Crippen molar-refractivity contribution in [1.82, 2.24) is 9.55 Å². The number of benzene rings is 1. The third-order valence-electron chi connectivity index (χ3n) is 7.61. The van der Waals surface area contributed by atoms with E-state index in [-0.39, 0.29) is 36.6 Å². The van der Waals surface area contributed by atoms with Crippen molar-refractivity contribution in [2.45, 2.75) is 112 Å². The maximum Gasteiger partial charge on any atom is 0.330 e. The van der Waals surface area contributed by atoms with Gasteiger partial charge in [-0.15, -0.1) is 0 Å². The molecule has 2 heterocycles. The van der Waals surface area contributed by atoms with Gasteiger partial charge in [-0.3, -0.25) is 14.3 Å². The van der Waals surface area contributed by atoms with Crippen molar-refractivity contribution >= 4 is 9.04 Å². The Morgan fingerprint density at radius 2 is 1.74 bits per heavy atom. The molecule has 218 valence electrons. The summed E-state index contributed by atoms with van der Waals surface area (Å²) < 4.78 is 20.6. The Kier molecular flexibility index (Phi) is 9.55. The fourth-order valence-electron chi connectivity index (χ4n) is 5.29. The molecule has 3 rings (SSSR count). The van der Waals surface area contributed by atoms with E-state index in [2.05, 4.69) is 52.7 Å². The molecule has 1 aromatic carbocycles. The van der Waals surface area contributed by atoms with E-state index < -0.39 is 43.6 Å². The molecule has 5 atom stereocenters. The quantitative estimate of drug-likeness (QED) is 0.422. The van der Waals surface area contributed by atoms with Crippen LogP contribution in [0.5, 0.6) is 0 Å². The number of hydrogen-bond acceptors (Lipinski definition) is 6. The molecular weight excluding hydrogens is 512 g/mol. The molecule has 0 spiro atoms. The Bertz CT molecular complexity index is 1210. The van der Waals surface area contributed by atoms with Crippen LogP contribution < -0.4 is 11.2 Å². The highest BCUT2D eigenvalue weighted by Gasteiger charge is 2.59. The van der Waals surface area contributed by atoms with Gasteiger partial charge < -0.3 is 19.0 Å². The number of nitrogens with zero attached hydrogens (tertiary/aromatic N) is 1. The maximum absolute atomic E-state index is 13.0. The lowest BCUT2D eigenvalue weighted by molar-refractivity contribution is -0.168. The lowest BCUT2D eigenvalue weighted by Gasteiger charge is -2.46. The summed E-state index contributed by atoms with van der Waals surface area (Å²) >= 11 is 0. The lowest BCUT2D eigenvalue weighted by Crippen LogP contribution is -2.58. The molecule has 0 bridgehead atoms. The highest BCUT2D eigenvalue weighted by atomic mass is 28.3. The van der Waals surface area contributed by atoms with Gasteiger partial charge in [0.05, 0.1) is 24.4 Å². The van der Waals surface area contributed by atoms with Crippen LogP contribution in [0.2, 0.25) is 13.1 Å². The molecule has 2 aromatic rings. The van der Waals surface area contributed by atoms with Gasteiger partial charge in [0.15, 0.2) is 9.04 Å². The van der Waals surface area contributed by atoms with Crippen LogP contribution in [0.1, 0.15) is 85.3 Å². The van der Waals surface area contributed by atoms with Crippen molar-refractivity contribution in [2.24, 2.45) is 16.7 Å². The number of ether oxygens (including phenoxy) is 2. The monoisotopic (exact) mass is 560 g/mol. The Morgan fingerprint density at radius 1 is 1.13 bits per heavy atom. The summed E-state index contributed by atoms with van der Waals surface area (Å²) in [6, 6.07) is 9.88. The standard InChI is InChI=1S/C30H48N2O6Si/c1-19(2)23(20-14-12-11-13-15-20)36-18-21-17-32(27(34)31-26(21)33)22-16-30(35,29(6,7)8)25(37-22)24(28(3,4)5)38-39(9)10/h11-15,17,19,22-25,35,39H,16,18H2,1-10H3,(H,31,33,34)/t22-,23?,24?,25-,30+/m1/s1. The number of rotatable bonds is 9. The zero-order chi connectivity index (χ0) is 29.3. The fraction of sp³-hybridized carbons (Fsp3) is 0.667. The molecule has 1 aliphatic heterocycles. The SMILES string of the molecule is CC(C)C(OCc1cn([C@H]2C[C@@](O)(C(C)(C)C)[C@@H](C(O[SiH](C)C)C(C)(C)C)O2)c(=O)[nH]c1=O)c1ccccc1. The average molecular weight is 561 g/mol. The van der Waals surface area contributed by atoms with Gasteiger partial charge in [0.1, 0.15) is 17.9 Å². The topological polar surface area (TPSA) is 103 Å². The molecule has 1 aromatic heterocycles. The molecule has 2 unspecified atom stereocenters. The van der Waals surface area contributed by atoms with E-state index in [9.17, 15) is 14.7 Å². The largest absolute Gasteiger partial charge is 0.414 e. The van der Waals surface area contributed by atoms with Crippen molar-refractivity contribution in [3.63, 3.8) is 0 Å². The van der Waals surface area contributed by atoms with Crippen LogP contribution in [0, 0.1) is 16.7 Å². The van der Waals surface area contributed by atoms with Crippen molar-refractivity contribution in [2.75, 3.05) is 0 Å². The van der Waals surface area contributed by atoms with Crippen LogP contribution in [0.4, 0.5) is 0 Å². The van der Waals surface area contributed by atoms with Gasteiger partial charge >= 0.3 is 5.69 Å². The van der Waals surface area contributed by atoms with Crippen molar-refractivity contribution in [3.8, 4) is 0 Å². The Morgan fingerprint density at radius 3 is 2.26 bits per heavy atom. The van der Waals surface area contributed by atoms with Crippen molar-refractivity contribution in [1.29, 1.82) is 0 Å². The van der Waals surface area contributed by atoms with E-state index in [4.69, 9.17) is 13.9 Å². The molecule has 8 nitrogen and oxygen atoms in total. The van der Waals surface area contributed by atoms with Crippen LogP contribution in [0.15, 0.2) is 46.1 Å². The minimum atomic E-state index is -1.49. The van der Waals surface area contributed by atoms with Crippen LogP contribution in [0.25, 0.3) is 0 Å². The van der Waals surface area contributed by atoms with Crippen LogP contribution in [0.3, 0.4) is 0 Å². The van der Waals surface area contributed by atoms with Crippen LogP contribution in [-0.2, 0) is 20.5 Å². The second-order valence-electron chi connectivity index (χ2n) is 13.6. The summed E-state index contributed by atoms with van der Waals surface area (Å²) in [5.41, 5.74) is -1.88. The average Bonchev–Trinajstić information content (AvgIpc) is 3.16. The highest BCUT2D eigenvalue weighted by molar-refractivity contribution is 6.48. The number of aromatic amines is 1. The Labute approximate surface area is 234 Å². The summed E-state index contributed by atoms with van der Waals surface area (Å²) in [5.74, 6) is 0.178. The first kappa shape index (κ1) is 31.5. The zero-order valence-electron chi connectivity index (χ0n) is 25.3. The molecule has 1 saturated heterocycles. The lowest BCUT2D eigenvalue weighted by atomic mass is 9.68. The first-order valence-corrected chi connectivity index (χ1v) is 16.8. The molecule has 2 N–H and O–H groups in total. The Hall–Kier alpha value is -2.04. The van der Waals surface area contributed by atoms with Gasteiger partial charge in [-0.1, -0.05) is 85.7 Å². The number of aromatic nitrogens is 2. The van der Waals surface area contributed by atoms with Gasteiger partial charge in [0.25, 0.3) is 5.56 Å². The van der Waals surface area contributed by atoms with E-state index in [1.54, 1.807) is 0 Å². The number of H-pyrrole nitrogens is 1. The third-order valence-corrected chi connectivity index (χ3v) is 8.45. The number of aliphatic hydroxyl groups is 1. The summed E-state index contributed by atoms with van der Waals surface area (Å²) in [6.07, 6.45) is -0.337. The molecule has 39 heavy (non-hydrogen) atoms. The smallest absolute Gasteiger partial charge is 0.330 e. The highest BCUT2D eigenvalue weighted by Crippen LogP contribution is 2.50. The van der Waals surface area contributed by atoms with Crippen LogP contribution >= 0.6 is 0 Å². The van der Waals surface area contributed by atoms with Gasteiger partial charge in [-0.25, -0.2) is 4.79 Å². The first-order valence-electron chi connectivity index (χ1n) is 14.0. The molecule has 1 fully saturated rings. The molecular formula is C30H48N2O6Si. The minimum Gasteiger partial charge on any atom is -0.414 e. The second-order valence-corrected chi connectivity index (χ2v) is 15.9.